The van der Waals surface area contributed by atoms with Gasteiger partial charge in [-0.05, 0) is 12.1 Å². The van der Waals surface area contributed by atoms with Crippen molar-refractivity contribution in [2.75, 3.05) is 12.4 Å². The molecular weight excluding hydrogens is 400 g/mol. The number of halogens is 1. The van der Waals surface area contributed by atoms with Crippen molar-refractivity contribution in [3.63, 3.8) is 0 Å². The predicted molar refractivity (Wildman–Crippen MR) is 78.6 cm³/mol. The first-order chi connectivity index (χ1) is 10.2. The van der Waals surface area contributed by atoms with E-state index in [9.17, 15) is 16.8 Å². The van der Waals surface area contributed by atoms with Gasteiger partial charge in [0.2, 0.25) is 5.39 Å². The molecule has 0 aliphatic heterocycles. The Morgan fingerprint density at radius 3 is 2.43 bits per heavy atom. The Morgan fingerprint density at radius 2 is 1.91 bits per heavy atom. The third-order valence-electron chi connectivity index (χ3n) is 2.14. The van der Waals surface area contributed by atoms with E-state index in [1.165, 1.54) is 0 Å². The highest BCUT2D eigenvalue weighted by Crippen LogP contribution is 2.32. The molecule has 1 aromatic rings. The van der Waals surface area contributed by atoms with Gasteiger partial charge in [-0.2, -0.15) is 8.42 Å². The van der Waals surface area contributed by atoms with Crippen LogP contribution in [0.2, 0.25) is 0 Å². The molecule has 1 rings (SSSR count). The molecule has 0 unspecified atom stereocenters. The zero-order valence-electron chi connectivity index (χ0n) is 10.9. The Bertz CT molecular complexity index is 774. The summed E-state index contributed by atoms with van der Waals surface area (Å²) >= 11 is 0.372. The van der Waals surface area contributed by atoms with Gasteiger partial charge in [0, 0.05) is 6.07 Å². The minimum Gasteiger partial charge on any atom is -0.264 e. The van der Waals surface area contributed by atoms with Crippen LogP contribution in [0.4, 0.5) is 5.69 Å². The van der Waals surface area contributed by atoms with Gasteiger partial charge < -0.3 is 0 Å². The van der Waals surface area contributed by atoms with Crippen LogP contribution in [-0.4, -0.2) is 39.0 Å². The molecule has 0 saturated carbocycles. The average Bonchev–Trinajstić information content (AvgIpc) is 2.43. The number of hydrogen-bond acceptors (Lipinski definition) is 10. The average molecular weight is 410 g/mol. The van der Waals surface area contributed by atoms with E-state index in [-0.39, 0.29) is 27.9 Å². The molecule has 15 heteroatoms. The maximum atomic E-state index is 12.0. The van der Waals surface area contributed by atoms with Gasteiger partial charge in [0.15, 0.2) is 14.8 Å². The van der Waals surface area contributed by atoms with Crippen LogP contribution < -0.4 is 0 Å². The monoisotopic (exact) mass is 409 g/mol. The fourth-order valence-electron chi connectivity index (χ4n) is 1.26. The van der Waals surface area contributed by atoms with Crippen molar-refractivity contribution in [2.45, 2.75) is 9.79 Å². The van der Waals surface area contributed by atoms with Crippen molar-refractivity contribution in [2.24, 2.45) is 0 Å². The van der Waals surface area contributed by atoms with Gasteiger partial charge in [-0.25, -0.2) is 17.9 Å². The summed E-state index contributed by atoms with van der Waals surface area (Å²) in [4.78, 5) is 2.60. The van der Waals surface area contributed by atoms with Crippen molar-refractivity contribution < 1.29 is 40.2 Å². The summed E-state index contributed by atoms with van der Waals surface area (Å²) in [6, 6.07) is 3.28. The van der Waals surface area contributed by atoms with E-state index in [2.05, 4.69) is 18.5 Å². The molecule has 23 heavy (non-hydrogen) atoms. The van der Waals surface area contributed by atoms with Crippen molar-refractivity contribution in [3.8, 4) is 0 Å². The molecule has 0 heterocycles. The second-order valence-electron chi connectivity index (χ2n) is 3.52. The van der Waals surface area contributed by atoms with Crippen LogP contribution in [0.5, 0.6) is 0 Å². The maximum Gasteiger partial charge on any atom is 0.400 e. The van der Waals surface area contributed by atoms with Crippen molar-refractivity contribution in [1.82, 2.24) is 0 Å². The summed E-state index contributed by atoms with van der Waals surface area (Å²) in [7, 11) is -8.69. The summed E-state index contributed by atoms with van der Waals surface area (Å²) in [6.45, 7) is -0.786. The molecule has 0 aliphatic rings. The van der Waals surface area contributed by atoms with Crippen LogP contribution in [0.15, 0.2) is 28.0 Å². The first-order valence-electron chi connectivity index (χ1n) is 5.18. The van der Waals surface area contributed by atoms with Gasteiger partial charge in [0.05, 0.1) is 29.3 Å². The second-order valence-corrected chi connectivity index (χ2v) is 7.47. The quantitative estimate of drug-likeness (QED) is 0.210. The number of sulfone groups is 1. The topological polar surface area (TPSA) is 165 Å². The fraction of sp³-hybridized carbons (Fsp3) is 0.250. The molecular formula is C8H10ClN2O9S3+. The van der Waals surface area contributed by atoms with Gasteiger partial charge in [0.1, 0.15) is 4.90 Å². The molecule has 0 aromatic heterocycles. The first kappa shape index (κ1) is 22.0. The van der Waals surface area contributed by atoms with Crippen LogP contribution >= 0.6 is 24.4 Å². The Balaban J connectivity index is 0.00000484. The van der Waals surface area contributed by atoms with E-state index in [1.54, 1.807) is 0 Å². The molecule has 0 fully saturated rings. The maximum absolute atomic E-state index is 12.0. The van der Waals surface area contributed by atoms with Gasteiger partial charge in [-0.3, -0.25) is 4.55 Å². The van der Waals surface area contributed by atoms with Crippen LogP contribution in [0, 0.1) is 5.39 Å². The fourth-order valence-corrected chi connectivity index (χ4v) is 3.31. The van der Waals surface area contributed by atoms with E-state index in [0.717, 1.165) is 18.2 Å². The lowest BCUT2D eigenvalue weighted by atomic mass is 10.3. The summed E-state index contributed by atoms with van der Waals surface area (Å²) in [5, 5.41) is 20.1. The van der Waals surface area contributed by atoms with Crippen molar-refractivity contribution in [3.05, 3.63) is 23.2 Å². The molecule has 1 aromatic carbocycles. The van der Waals surface area contributed by atoms with Crippen LogP contribution in [0.1, 0.15) is 0 Å². The van der Waals surface area contributed by atoms with Crippen molar-refractivity contribution in [1.29, 1.82) is 5.39 Å². The Kier molecular flexibility index (Phi) is 8.90. The van der Waals surface area contributed by atoms with E-state index >= 15 is 0 Å². The Hall–Kier alpha value is -1.02. The molecule has 0 radical (unpaired) electrons. The van der Waals surface area contributed by atoms with Crippen LogP contribution in [0.3, 0.4) is 0 Å². The lowest BCUT2D eigenvalue weighted by molar-refractivity contribution is -0.432. The van der Waals surface area contributed by atoms with Gasteiger partial charge >= 0.3 is 16.1 Å². The highest BCUT2D eigenvalue weighted by Gasteiger charge is 2.22. The zero-order chi connectivity index (χ0) is 16.8. The summed E-state index contributed by atoms with van der Waals surface area (Å²) in [5.41, 5.74) is -0.0600. The molecule has 0 bridgehead atoms. The Morgan fingerprint density at radius 1 is 1.26 bits per heavy atom. The van der Waals surface area contributed by atoms with Crippen molar-refractivity contribution >= 4 is 50.4 Å². The van der Waals surface area contributed by atoms with E-state index in [4.69, 9.17) is 15.2 Å². The second kappa shape index (κ2) is 9.32. The standard InChI is InChI=1S/C8H8N2O9S3.ClH/c9-10-7-2-1-6(5-8(7)20-19-18-11)21(12,13)4-3-17-22(14,15)16;/h1-2,5H,3-4H2,(H-,11,14,15,16);1H/p+1. The first-order valence-corrected chi connectivity index (χ1v) is 8.94. The zero-order valence-corrected chi connectivity index (χ0v) is 14.2. The molecule has 11 nitrogen and oxygen atoms in total. The Labute approximate surface area is 141 Å². The van der Waals surface area contributed by atoms with E-state index in [0.29, 0.717) is 12.0 Å². The smallest absolute Gasteiger partial charge is 0.264 e. The van der Waals surface area contributed by atoms with Gasteiger partial charge in [-0.15, -0.1) is 16.7 Å². The molecule has 2 N–H and O–H groups in total. The molecule has 0 atom stereocenters. The number of nitrogens with zero attached hydrogens (tertiary/aromatic N) is 2. The summed E-state index contributed by atoms with van der Waals surface area (Å²) in [5.74, 6) is -0.732. The molecule has 0 amide bonds. The van der Waals surface area contributed by atoms with E-state index in [1.807, 2.05) is 0 Å². The highest BCUT2D eigenvalue weighted by molar-refractivity contribution is 7.95. The largest absolute Gasteiger partial charge is 0.400 e. The third-order valence-corrected chi connectivity index (χ3v) is 4.91. The number of diazo groups is 1. The molecule has 130 valence electrons. The normalized spacial score (nSPS) is 11.5. The number of hydrogen-bond donors (Lipinski definition) is 2. The predicted octanol–water partition coefficient (Wildman–Crippen LogP) is 1.61. The molecule has 0 spiro atoms. The number of rotatable bonds is 8. The minimum absolute atomic E-state index is 0. The van der Waals surface area contributed by atoms with Gasteiger partial charge in [0.25, 0.3) is 0 Å². The number of benzene rings is 1. The van der Waals surface area contributed by atoms with Crippen LogP contribution in [-0.2, 0) is 33.8 Å². The lowest BCUT2D eigenvalue weighted by Gasteiger charge is -2.04. The third kappa shape index (κ3) is 7.39. The van der Waals surface area contributed by atoms with Gasteiger partial charge in [-0.1, -0.05) is 5.04 Å². The van der Waals surface area contributed by atoms with Crippen LogP contribution in [0.25, 0.3) is 4.98 Å². The highest BCUT2D eigenvalue weighted by atomic mass is 35.5. The summed E-state index contributed by atoms with van der Waals surface area (Å²) in [6.07, 6.45) is 0. The van der Waals surface area contributed by atoms with E-state index < -0.39 is 32.6 Å². The molecule has 0 aliphatic carbocycles. The lowest BCUT2D eigenvalue weighted by Crippen LogP contribution is -2.15. The SMILES string of the molecule is Cl.N#[N+]c1ccc(S(=O)(=O)CCOS(=O)(=O)O)cc1SOOO. The summed E-state index contributed by atoms with van der Waals surface area (Å²) < 4.78 is 61.0. The molecule has 0 saturated heterocycles. The minimum atomic E-state index is -4.74.